The minimum atomic E-state index is -5.23. The summed E-state index contributed by atoms with van der Waals surface area (Å²) in [5, 5.41) is 3.09. The van der Waals surface area contributed by atoms with Gasteiger partial charge in [0.05, 0.1) is 16.1 Å². The largest absolute Gasteiger partial charge is 0.573 e. The molecule has 2 atom stereocenters. The van der Waals surface area contributed by atoms with Crippen LogP contribution in [0.25, 0.3) is 5.83 Å². The number of allylic oxidation sites excluding steroid dienone is 3. The number of hydrogen-bond donors (Lipinski definition) is 2. The molecule has 0 saturated heterocycles. The molecule has 1 amide bonds. The lowest BCUT2D eigenvalue weighted by molar-refractivity contribution is -0.274. The summed E-state index contributed by atoms with van der Waals surface area (Å²) in [5.74, 6) is -6.83. The smallest absolute Gasteiger partial charge is 0.404 e. The Bertz CT molecular complexity index is 1370. The molecule has 0 spiro atoms. The highest BCUT2D eigenvalue weighted by molar-refractivity contribution is 6.32. The van der Waals surface area contributed by atoms with Crippen molar-refractivity contribution in [1.82, 2.24) is 15.8 Å². The highest BCUT2D eigenvalue weighted by Gasteiger charge is 2.41. The standard InChI is InChI=1S/C25H18ClF10N3O2/c1-39(21-4-2-3-9-37-21)38-22(40)15-7-5-14(10-17(15)24(31,32)33)19(27)12-16(23(28,29)30)13-6-8-20(18(26)11-13)41-25(34,35)36/h2-12,16,21,37H,1H3,(H,38,40)/b19-12-. The molecule has 5 nitrogen and oxygen atoms in total. The third-order valence-electron chi connectivity index (χ3n) is 5.51. The zero-order valence-corrected chi connectivity index (χ0v) is 21.2. The van der Waals surface area contributed by atoms with E-state index in [1.165, 1.54) is 13.2 Å². The van der Waals surface area contributed by atoms with Crippen LogP contribution in [0.1, 0.15) is 33.0 Å². The van der Waals surface area contributed by atoms with Crippen LogP contribution in [0.5, 0.6) is 5.75 Å². The first-order valence-corrected chi connectivity index (χ1v) is 11.6. The first-order chi connectivity index (χ1) is 18.9. The zero-order chi connectivity index (χ0) is 30.8. The monoisotopic (exact) mass is 617 g/mol. The predicted octanol–water partition coefficient (Wildman–Crippen LogP) is 7.49. The molecule has 2 N–H and O–H groups in total. The van der Waals surface area contributed by atoms with Crippen molar-refractivity contribution in [1.29, 1.82) is 0 Å². The number of ether oxygens (including phenoxy) is 1. The van der Waals surface area contributed by atoms with E-state index >= 15 is 4.39 Å². The third-order valence-corrected chi connectivity index (χ3v) is 5.81. The Balaban J connectivity index is 1.95. The number of likely N-dealkylation sites (N-methyl/N-ethyl adjacent to an activating group) is 1. The number of hydrogen-bond acceptors (Lipinski definition) is 4. The number of alkyl halides is 9. The van der Waals surface area contributed by atoms with Gasteiger partial charge in [0.15, 0.2) is 0 Å². The molecule has 2 aromatic carbocycles. The summed E-state index contributed by atoms with van der Waals surface area (Å²) in [7, 11) is 1.36. The molecule has 0 aliphatic carbocycles. The lowest BCUT2D eigenvalue weighted by Crippen LogP contribution is -2.50. The molecule has 222 valence electrons. The Labute approximate surface area is 230 Å². The average Bonchev–Trinajstić information content (AvgIpc) is 2.86. The number of carbonyl (C=O) groups excluding carboxylic acids is 1. The molecule has 1 aliphatic heterocycles. The van der Waals surface area contributed by atoms with E-state index in [9.17, 15) is 44.3 Å². The van der Waals surface area contributed by atoms with Crippen LogP contribution in [0.4, 0.5) is 43.9 Å². The van der Waals surface area contributed by atoms with Crippen LogP contribution in [0, 0.1) is 0 Å². The van der Waals surface area contributed by atoms with E-state index in [1.807, 2.05) is 0 Å². The van der Waals surface area contributed by atoms with Gasteiger partial charge in [0.25, 0.3) is 5.91 Å². The Hall–Kier alpha value is -3.72. The van der Waals surface area contributed by atoms with Gasteiger partial charge >= 0.3 is 18.7 Å². The second-order valence-electron chi connectivity index (χ2n) is 8.44. The predicted molar refractivity (Wildman–Crippen MR) is 128 cm³/mol. The van der Waals surface area contributed by atoms with Crippen LogP contribution in [0.3, 0.4) is 0 Å². The number of hydrazine groups is 1. The third kappa shape index (κ3) is 8.39. The van der Waals surface area contributed by atoms with Gasteiger partial charge in [-0.15, -0.1) is 13.2 Å². The molecular formula is C25H18ClF10N3O2. The van der Waals surface area contributed by atoms with Gasteiger partial charge in [-0.1, -0.05) is 29.8 Å². The van der Waals surface area contributed by atoms with Gasteiger partial charge in [0, 0.05) is 12.6 Å². The number of benzene rings is 2. The van der Waals surface area contributed by atoms with E-state index in [4.69, 9.17) is 11.6 Å². The number of halogens is 11. The molecule has 0 radical (unpaired) electrons. The molecule has 0 fully saturated rings. The lowest BCUT2D eigenvalue weighted by atomic mass is 9.95. The second-order valence-corrected chi connectivity index (χ2v) is 8.84. The average molecular weight is 618 g/mol. The van der Waals surface area contributed by atoms with E-state index in [2.05, 4.69) is 15.5 Å². The molecule has 0 aromatic heterocycles. The van der Waals surface area contributed by atoms with Crippen molar-refractivity contribution in [3.63, 3.8) is 0 Å². The number of carbonyl (C=O) groups is 1. The van der Waals surface area contributed by atoms with Crippen LogP contribution in [-0.4, -0.2) is 36.7 Å². The van der Waals surface area contributed by atoms with Gasteiger partial charge in [0.1, 0.15) is 23.7 Å². The van der Waals surface area contributed by atoms with Crippen molar-refractivity contribution in [2.24, 2.45) is 0 Å². The summed E-state index contributed by atoms with van der Waals surface area (Å²) in [6.07, 6.45) is -9.98. The van der Waals surface area contributed by atoms with E-state index < -0.39 is 75.6 Å². The van der Waals surface area contributed by atoms with Crippen LogP contribution in [-0.2, 0) is 6.18 Å². The minimum absolute atomic E-state index is 0.0619. The highest BCUT2D eigenvalue weighted by Crippen LogP contribution is 2.42. The summed E-state index contributed by atoms with van der Waals surface area (Å²) in [6, 6.07) is 2.94. The fraction of sp³-hybridized carbons (Fsp3) is 0.240. The zero-order valence-electron chi connectivity index (χ0n) is 20.4. The summed E-state index contributed by atoms with van der Waals surface area (Å²) >= 11 is 5.60. The van der Waals surface area contributed by atoms with Gasteiger partial charge in [0.2, 0.25) is 0 Å². The van der Waals surface area contributed by atoms with Crippen LogP contribution in [0.15, 0.2) is 66.9 Å². The van der Waals surface area contributed by atoms with Crippen molar-refractivity contribution < 1.29 is 53.4 Å². The Morgan fingerprint density at radius 3 is 2.27 bits per heavy atom. The number of rotatable bonds is 7. The second kappa shape index (κ2) is 12.0. The van der Waals surface area contributed by atoms with E-state index in [1.54, 1.807) is 18.2 Å². The number of nitrogens with one attached hydrogen (secondary N) is 2. The molecule has 0 saturated carbocycles. The quantitative estimate of drug-likeness (QED) is 0.250. The topological polar surface area (TPSA) is 53.6 Å². The molecule has 1 aliphatic rings. The van der Waals surface area contributed by atoms with Crippen molar-refractivity contribution in [2.75, 3.05) is 7.05 Å². The number of nitrogens with zero attached hydrogens (tertiary/aromatic N) is 1. The first-order valence-electron chi connectivity index (χ1n) is 11.2. The van der Waals surface area contributed by atoms with Gasteiger partial charge < -0.3 is 10.1 Å². The Morgan fingerprint density at radius 2 is 1.73 bits per heavy atom. The molecule has 16 heteroatoms. The molecule has 1 heterocycles. The molecule has 3 rings (SSSR count). The van der Waals surface area contributed by atoms with Crippen molar-refractivity contribution in [3.05, 3.63) is 94.2 Å². The van der Waals surface area contributed by atoms with Crippen molar-refractivity contribution in [2.45, 2.75) is 30.8 Å². The summed E-state index contributed by atoms with van der Waals surface area (Å²) in [5.41, 5.74) is -2.10. The van der Waals surface area contributed by atoms with Crippen molar-refractivity contribution in [3.8, 4) is 5.75 Å². The van der Waals surface area contributed by atoms with Crippen LogP contribution in [0.2, 0.25) is 5.02 Å². The fourth-order valence-corrected chi connectivity index (χ4v) is 3.86. The SMILES string of the molecule is CN(NC(=O)c1ccc(/C(F)=C/C(c2ccc(OC(F)(F)F)c(Cl)c2)C(F)(F)F)cc1C(F)(F)F)C1C=CC=CN1. The number of dihydropyridines is 1. The normalized spacial score (nSPS) is 16.9. The van der Waals surface area contributed by atoms with Gasteiger partial charge in [-0.3, -0.25) is 10.2 Å². The molecular weight excluding hydrogens is 600 g/mol. The van der Waals surface area contributed by atoms with E-state index in [0.717, 1.165) is 5.01 Å². The van der Waals surface area contributed by atoms with Crippen LogP contribution >= 0.6 is 11.6 Å². The Kier molecular flexibility index (Phi) is 9.33. The van der Waals surface area contributed by atoms with Gasteiger partial charge in [-0.25, -0.2) is 4.39 Å². The summed E-state index contributed by atoms with van der Waals surface area (Å²) < 4.78 is 139. The van der Waals surface area contributed by atoms with E-state index in [0.29, 0.717) is 30.3 Å². The molecule has 2 aromatic rings. The van der Waals surface area contributed by atoms with Crippen molar-refractivity contribution >= 4 is 23.3 Å². The first kappa shape index (κ1) is 31.8. The molecule has 0 bridgehead atoms. The van der Waals surface area contributed by atoms with Gasteiger partial charge in [-0.2, -0.15) is 31.4 Å². The highest BCUT2D eigenvalue weighted by atomic mass is 35.5. The fourth-order valence-electron chi connectivity index (χ4n) is 3.63. The maximum atomic E-state index is 15.0. The maximum absolute atomic E-state index is 15.0. The summed E-state index contributed by atoms with van der Waals surface area (Å²) in [6.45, 7) is 0. The minimum Gasteiger partial charge on any atom is -0.404 e. The lowest BCUT2D eigenvalue weighted by Gasteiger charge is -2.27. The maximum Gasteiger partial charge on any atom is 0.573 e. The summed E-state index contributed by atoms with van der Waals surface area (Å²) in [4.78, 5) is 12.6. The Morgan fingerprint density at radius 1 is 1.05 bits per heavy atom. The van der Waals surface area contributed by atoms with E-state index in [-0.39, 0.29) is 12.1 Å². The molecule has 41 heavy (non-hydrogen) atoms. The van der Waals surface area contributed by atoms with Crippen LogP contribution < -0.4 is 15.5 Å². The molecule has 2 unspecified atom stereocenters. The van der Waals surface area contributed by atoms with Gasteiger partial charge in [-0.05, 0) is 54.3 Å². The number of amides is 1.